The van der Waals surface area contributed by atoms with Gasteiger partial charge in [0.05, 0.1) is 16.8 Å². The van der Waals surface area contributed by atoms with Crippen LogP contribution >= 0.6 is 0 Å². The Morgan fingerprint density at radius 2 is 1.70 bits per heavy atom. The molecule has 2 amide bonds. The van der Waals surface area contributed by atoms with E-state index < -0.39 is 52.9 Å². The lowest BCUT2D eigenvalue weighted by Crippen LogP contribution is -2.55. The number of para-hydroxylation sites is 1. The van der Waals surface area contributed by atoms with Gasteiger partial charge in [0.2, 0.25) is 0 Å². The molecule has 2 heterocycles. The number of likely N-dealkylation sites (N-methyl/N-ethyl adjacent to an activating group) is 1. The van der Waals surface area contributed by atoms with Crippen molar-refractivity contribution in [3.05, 3.63) is 119 Å². The van der Waals surface area contributed by atoms with Crippen LogP contribution in [0.3, 0.4) is 0 Å². The Kier molecular flexibility index (Phi) is 7.61. The van der Waals surface area contributed by atoms with Crippen molar-refractivity contribution >= 4 is 29.2 Å². The third-order valence-electron chi connectivity index (χ3n) is 7.16. The first kappa shape index (κ1) is 29.2. The molecular formula is C31H24F4N4O4. The summed E-state index contributed by atoms with van der Waals surface area (Å²) in [5, 5.41) is 17.0. The summed E-state index contributed by atoms with van der Waals surface area (Å²) in [6, 6.07) is 16.0. The van der Waals surface area contributed by atoms with Crippen LogP contribution in [0.2, 0.25) is 0 Å². The summed E-state index contributed by atoms with van der Waals surface area (Å²) in [4.78, 5) is 41.0. The van der Waals surface area contributed by atoms with Crippen molar-refractivity contribution in [1.82, 2.24) is 15.1 Å². The highest BCUT2D eigenvalue weighted by molar-refractivity contribution is 6.15. The SMILES string of the molecule is C=C(C(=O)O)c1nn(-c2ccccc2)c2c1[C@H](c1ccc(F)cc1)[C@H](NC(=O)c1cccc(C(F)(F)F)c1)C(=O)N2CC. The third-order valence-corrected chi connectivity index (χ3v) is 7.16. The van der Waals surface area contributed by atoms with Crippen molar-refractivity contribution in [2.75, 3.05) is 11.4 Å². The number of nitrogens with zero attached hydrogens (tertiary/aromatic N) is 3. The highest BCUT2D eigenvalue weighted by Gasteiger charge is 2.47. The minimum atomic E-state index is -4.71. The van der Waals surface area contributed by atoms with Crippen LogP contribution in [0.4, 0.5) is 23.4 Å². The first-order valence-electron chi connectivity index (χ1n) is 13.1. The van der Waals surface area contributed by atoms with Gasteiger partial charge in [0.1, 0.15) is 23.4 Å². The fourth-order valence-electron chi connectivity index (χ4n) is 5.16. The molecule has 0 aliphatic carbocycles. The maximum absolute atomic E-state index is 14.1. The van der Waals surface area contributed by atoms with Crippen molar-refractivity contribution < 1.29 is 37.1 Å². The molecule has 220 valence electrons. The lowest BCUT2D eigenvalue weighted by atomic mass is 9.80. The number of alkyl halides is 3. The third kappa shape index (κ3) is 5.39. The number of benzene rings is 3. The number of hydrogen-bond acceptors (Lipinski definition) is 4. The second-order valence-electron chi connectivity index (χ2n) is 9.76. The molecule has 2 N–H and O–H groups in total. The van der Waals surface area contributed by atoms with Crippen molar-refractivity contribution in [2.45, 2.75) is 25.1 Å². The summed E-state index contributed by atoms with van der Waals surface area (Å²) in [5.74, 6) is -4.47. The number of carbonyl (C=O) groups is 3. The van der Waals surface area contributed by atoms with Gasteiger partial charge in [0.15, 0.2) is 0 Å². The molecule has 0 saturated heterocycles. The zero-order valence-electron chi connectivity index (χ0n) is 22.6. The van der Waals surface area contributed by atoms with Crippen LogP contribution in [-0.4, -0.2) is 45.3 Å². The molecule has 8 nitrogen and oxygen atoms in total. The predicted molar refractivity (Wildman–Crippen MR) is 149 cm³/mol. The quantitative estimate of drug-likeness (QED) is 0.220. The van der Waals surface area contributed by atoms with E-state index in [-0.39, 0.29) is 29.2 Å². The number of carbonyl (C=O) groups excluding carboxylic acids is 2. The standard InChI is InChI=1S/C31H24F4N4O4/c1-3-38-28-24(25(17(2)30(42)43)37-39(28)22-10-5-4-6-11-22)23(18-12-14-21(32)15-13-18)26(29(38)41)36-27(40)19-8-7-9-20(16-19)31(33,34)35/h4-16,23,26H,2-3H2,1H3,(H,36,40)(H,42,43)/t23-,26-/m0/s1. The van der Waals surface area contributed by atoms with E-state index in [4.69, 9.17) is 0 Å². The molecule has 5 rings (SSSR count). The van der Waals surface area contributed by atoms with Crippen molar-refractivity contribution in [3.63, 3.8) is 0 Å². The Morgan fingerprint density at radius 1 is 1.02 bits per heavy atom. The summed E-state index contributed by atoms with van der Waals surface area (Å²) < 4.78 is 55.5. The molecule has 0 bridgehead atoms. The molecule has 1 aliphatic rings. The molecule has 0 unspecified atom stereocenters. The molecule has 0 radical (unpaired) electrons. The van der Waals surface area contributed by atoms with Gasteiger partial charge in [-0.3, -0.25) is 14.5 Å². The number of rotatable bonds is 7. The van der Waals surface area contributed by atoms with Gasteiger partial charge in [-0.1, -0.05) is 43.0 Å². The van der Waals surface area contributed by atoms with Crippen LogP contribution in [0.1, 0.15) is 45.6 Å². The zero-order valence-corrected chi connectivity index (χ0v) is 22.6. The van der Waals surface area contributed by atoms with Gasteiger partial charge in [-0.25, -0.2) is 13.9 Å². The number of fused-ring (bicyclic) bond motifs is 1. The predicted octanol–water partition coefficient (Wildman–Crippen LogP) is 5.43. The molecule has 3 aromatic carbocycles. The highest BCUT2D eigenvalue weighted by atomic mass is 19.4. The van der Waals surface area contributed by atoms with Crippen molar-refractivity contribution in [3.8, 4) is 5.69 Å². The van der Waals surface area contributed by atoms with Gasteiger partial charge < -0.3 is 10.4 Å². The van der Waals surface area contributed by atoms with Gasteiger partial charge in [0.25, 0.3) is 11.8 Å². The normalized spacial score (nSPS) is 16.5. The van der Waals surface area contributed by atoms with E-state index >= 15 is 0 Å². The first-order chi connectivity index (χ1) is 20.4. The number of anilines is 1. The lowest BCUT2D eigenvalue weighted by molar-refractivity contribution is -0.137. The van der Waals surface area contributed by atoms with E-state index in [9.17, 15) is 37.1 Å². The minimum absolute atomic E-state index is 0.0649. The second kappa shape index (κ2) is 11.2. The summed E-state index contributed by atoms with van der Waals surface area (Å²) in [5.41, 5.74) is -0.821. The number of nitrogens with one attached hydrogen (secondary N) is 1. The lowest BCUT2D eigenvalue weighted by Gasteiger charge is -2.38. The molecule has 43 heavy (non-hydrogen) atoms. The number of carboxylic acid groups (broad SMARTS) is 1. The van der Waals surface area contributed by atoms with E-state index in [1.165, 1.54) is 27.8 Å². The van der Waals surface area contributed by atoms with E-state index in [0.717, 1.165) is 24.3 Å². The maximum Gasteiger partial charge on any atom is 0.416 e. The number of hydrogen-bond donors (Lipinski definition) is 2. The molecule has 12 heteroatoms. The highest BCUT2D eigenvalue weighted by Crippen LogP contribution is 2.45. The van der Waals surface area contributed by atoms with Gasteiger partial charge in [-0.2, -0.15) is 18.3 Å². The van der Waals surface area contributed by atoms with Crippen molar-refractivity contribution in [2.24, 2.45) is 0 Å². The summed E-state index contributed by atoms with van der Waals surface area (Å²) >= 11 is 0. The molecule has 2 atom stereocenters. The second-order valence-corrected chi connectivity index (χ2v) is 9.76. The molecule has 1 aromatic heterocycles. The topological polar surface area (TPSA) is 105 Å². The van der Waals surface area contributed by atoms with E-state index in [1.54, 1.807) is 37.3 Å². The van der Waals surface area contributed by atoms with Crippen LogP contribution in [0.25, 0.3) is 11.3 Å². The van der Waals surface area contributed by atoms with Gasteiger partial charge in [-0.15, -0.1) is 0 Å². The first-order valence-corrected chi connectivity index (χ1v) is 13.1. The van der Waals surface area contributed by atoms with Gasteiger partial charge >= 0.3 is 12.1 Å². The largest absolute Gasteiger partial charge is 0.478 e. The fourth-order valence-corrected chi connectivity index (χ4v) is 5.16. The average Bonchev–Trinajstić information content (AvgIpc) is 3.37. The molecule has 1 aliphatic heterocycles. The molecular weight excluding hydrogens is 568 g/mol. The van der Waals surface area contributed by atoms with Gasteiger partial charge in [0, 0.05) is 23.6 Å². The van der Waals surface area contributed by atoms with Crippen molar-refractivity contribution in [1.29, 1.82) is 0 Å². The van der Waals surface area contributed by atoms with E-state index in [2.05, 4.69) is 17.0 Å². The number of aliphatic carboxylic acids is 1. The molecule has 4 aromatic rings. The Morgan fingerprint density at radius 3 is 2.30 bits per heavy atom. The molecule has 0 fully saturated rings. The number of carboxylic acids is 1. The summed E-state index contributed by atoms with van der Waals surface area (Å²) in [7, 11) is 0. The summed E-state index contributed by atoms with van der Waals surface area (Å²) in [6.07, 6.45) is -4.71. The van der Waals surface area contributed by atoms with E-state index in [0.29, 0.717) is 17.3 Å². The van der Waals surface area contributed by atoms with E-state index in [1.807, 2.05) is 0 Å². The zero-order chi connectivity index (χ0) is 31.1. The number of halogens is 4. The fraction of sp³-hybridized carbons (Fsp3) is 0.161. The smallest absolute Gasteiger partial charge is 0.416 e. The Labute approximate surface area is 242 Å². The Hall–Kier alpha value is -5.26. The number of aromatic nitrogens is 2. The average molecular weight is 593 g/mol. The minimum Gasteiger partial charge on any atom is -0.478 e. The maximum atomic E-state index is 14.1. The Balaban J connectivity index is 1.74. The molecule has 0 saturated carbocycles. The van der Waals surface area contributed by atoms with Crippen LogP contribution in [0, 0.1) is 5.82 Å². The van der Waals surface area contributed by atoms with Crippen LogP contribution < -0.4 is 10.2 Å². The van der Waals surface area contributed by atoms with Crippen LogP contribution in [0.15, 0.2) is 85.4 Å². The van der Waals surface area contributed by atoms with Crippen LogP contribution in [-0.2, 0) is 15.8 Å². The Bertz CT molecular complexity index is 1730. The summed E-state index contributed by atoms with van der Waals surface area (Å²) in [6.45, 7) is 5.42. The van der Waals surface area contributed by atoms with Crippen LogP contribution in [0.5, 0.6) is 0 Å². The number of amides is 2. The molecule has 0 spiro atoms. The monoisotopic (exact) mass is 592 g/mol. The van der Waals surface area contributed by atoms with Gasteiger partial charge in [-0.05, 0) is 55.0 Å².